The summed E-state index contributed by atoms with van der Waals surface area (Å²) in [5.41, 5.74) is 2.61. The van der Waals surface area contributed by atoms with Gasteiger partial charge in [0.15, 0.2) is 5.13 Å². The van der Waals surface area contributed by atoms with Crippen LogP contribution in [0.4, 0.5) is 9.52 Å². The Morgan fingerprint density at radius 1 is 1.19 bits per heavy atom. The van der Waals surface area contributed by atoms with E-state index < -0.39 is 0 Å². The molecule has 0 aliphatic rings. The fourth-order valence-electron chi connectivity index (χ4n) is 2.03. The van der Waals surface area contributed by atoms with Crippen molar-refractivity contribution in [2.24, 2.45) is 0 Å². The van der Waals surface area contributed by atoms with Crippen LogP contribution in [0.5, 0.6) is 0 Å². The summed E-state index contributed by atoms with van der Waals surface area (Å²) >= 11 is 1.53. The van der Waals surface area contributed by atoms with Crippen molar-refractivity contribution in [2.75, 3.05) is 11.9 Å². The highest BCUT2D eigenvalue weighted by atomic mass is 32.1. The van der Waals surface area contributed by atoms with Crippen molar-refractivity contribution in [2.45, 2.75) is 6.42 Å². The van der Waals surface area contributed by atoms with Gasteiger partial charge in [-0.15, -0.1) is 0 Å². The quantitative estimate of drug-likeness (QED) is 0.793. The molecule has 2 aromatic carbocycles. The first-order valence-electron chi connectivity index (χ1n) is 6.53. The van der Waals surface area contributed by atoms with Crippen LogP contribution in [0.25, 0.3) is 10.2 Å². The molecule has 3 rings (SSSR count). The molecular formula is C16H12FN3S. The third-order valence-electron chi connectivity index (χ3n) is 3.12. The number of nitrogens with zero attached hydrogens (tertiary/aromatic N) is 2. The highest BCUT2D eigenvalue weighted by Gasteiger charge is 2.04. The van der Waals surface area contributed by atoms with Gasteiger partial charge in [0.2, 0.25) is 0 Å². The van der Waals surface area contributed by atoms with Crippen molar-refractivity contribution in [3.8, 4) is 6.07 Å². The summed E-state index contributed by atoms with van der Waals surface area (Å²) in [7, 11) is 0. The third kappa shape index (κ3) is 3.18. The first-order valence-corrected chi connectivity index (χ1v) is 7.35. The van der Waals surface area contributed by atoms with E-state index in [4.69, 9.17) is 5.26 Å². The lowest BCUT2D eigenvalue weighted by Gasteiger charge is -2.02. The van der Waals surface area contributed by atoms with Gasteiger partial charge in [0.25, 0.3) is 0 Å². The topological polar surface area (TPSA) is 48.7 Å². The molecule has 104 valence electrons. The van der Waals surface area contributed by atoms with Crippen LogP contribution in [0.1, 0.15) is 11.1 Å². The first kappa shape index (κ1) is 13.5. The molecule has 21 heavy (non-hydrogen) atoms. The van der Waals surface area contributed by atoms with Crippen LogP contribution < -0.4 is 5.32 Å². The minimum atomic E-state index is -0.217. The molecule has 0 amide bonds. The summed E-state index contributed by atoms with van der Waals surface area (Å²) in [5, 5.41) is 13.0. The number of benzene rings is 2. The van der Waals surface area contributed by atoms with Gasteiger partial charge in [0.05, 0.1) is 21.8 Å². The van der Waals surface area contributed by atoms with Crippen molar-refractivity contribution in [3.05, 3.63) is 59.4 Å². The predicted molar refractivity (Wildman–Crippen MR) is 82.9 cm³/mol. The molecule has 3 aromatic rings. The van der Waals surface area contributed by atoms with E-state index in [1.807, 2.05) is 12.1 Å². The van der Waals surface area contributed by atoms with E-state index in [0.29, 0.717) is 5.56 Å². The molecule has 0 unspecified atom stereocenters. The number of anilines is 1. The second kappa shape index (κ2) is 5.90. The van der Waals surface area contributed by atoms with Crippen LogP contribution in [0.3, 0.4) is 0 Å². The van der Waals surface area contributed by atoms with Crippen molar-refractivity contribution < 1.29 is 4.39 Å². The average molecular weight is 297 g/mol. The van der Waals surface area contributed by atoms with Crippen LogP contribution >= 0.6 is 11.3 Å². The Morgan fingerprint density at radius 3 is 2.76 bits per heavy atom. The van der Waals surface area contributed by atoms with Crippen LogP contribution in [0.2, 0.25) is 0 Å². The SMILES string of the molecule is N#Cc1ccc2nc(NCCc3ccc(F)cc3)sc2c1. The van der Waals surface area contributed by atoms with Gasteiger partial charge in [-0.1, -0.05) is 23.5 Å². The number of hydrogen-bond donors (Lipinski definition) is 1. The fourth-order valence-corrected chi connectivity index (χ4v) is 2.97. The lowest BCUT2D eigenvalue weighted by Crippen LogP contribution is -2.04. The lowest BCUT2D eigenvalue weighted by atomic mass is 10.1. The molecular weight excluding hydrogens is 285 g/mol. The molecule has 5 heteroatoms. The molecule has 0 spiro atoms. The van der Waals surface area contributed by atoms with Gasteiger partial charge in [0.1, 0.15) is 5.82 Å². The van der Waals surface area contributed by atoms with Crippen LogP contribution in [-0.4, -0.2) is 11.5 Å². The van der Waals surface area contributed by atoms with Gasteiger partial charge in [-0.2, -0.15) is 5.26 Å². The van der Waals surface area contributed by atoms with E-state index >= 15 is 0 Å². The average Bonchev–Trinajstić information content (AvgIpc) is 2.91. The summed E-state index contributed by atoms with van der Waals surface area (Å²) in [6.07, 6.45) is 0.805. The zero-order chi connectivity index (χ0) is 14.7. The first-order chi connectivity index (χ1) is 10.2. The standard InChI is InChI=1S/C16H12FN3S/c17-13-4-1-11(2-5-13)7-8-19-16-20-14-6-3-12(10-18)9-15(14)21-16/h1-6,9H,7-8H2,(H,19,20). The van der Waals surface area contributed by atoms with Gasteiger partial charge in [-0.3, -0.25) is 0 Å². The number of rotatable bonds is 4. The van der Waals surface area contributed by atoms with Gasteiger partial charge in [-0.05, 0) is 42.3 Å². The van der Waals surface area contributed by atoms with E-state index in [9.17, 15) is 4.39 Å². The van der Waals surface area contributed by atoms with Crippen molar-refractivity contribution >= 4 is 26.7 Å². The Hall–Kier alpha value is -2.45. The molecule has 1 N–H and O–H groups in total. The van der Waals surface area contributed by atoms with Crippen molar-refractivity contribution in [3.63, 3.8) is 0 Å². The number of hydrogen-bond acceptors (Lipinski definition) is 4. The summed E-state index contributed by atoms with van der Waals surface area (Å²) in [5.74, 6) is -0.217. The van der Waals surface area contributed by atoms with E-state index in [1.54, 1.807) is 18.2 Å². The van der Waals surface area contributed by atoms with Crippen molar-refractivity contribution in [1.29, 1.82) is 5.26 Å². The van der Waals surface area contributed by atoms with Crippen molar-refractivity contribution in [1.82, 2.24) is 4.98 Å². The normalized spacial score (nSPS) is 10.5. The number of nitriles is 1. The lowest BCUT2D eigenvalue weighted by molar-refractivity contribution is 0.627. The Bertz CT molecular complexity index is 802. The monoisotopic (exact) mass is 297 g/mol. The van der Waals surface area contributed by atoms with Gasteiger partial charge >= 0.3 is 0 Å². The van der Waals surface area contributed by atoms with Crippen LogP contribution in [0.15, 0.2) is 42.5 Å². The summed E-state index contributed by atoms with van der Waals surface area (Å²) in [4.78, 5) is 4.47. The predicted octanol–water partition coefficient (Wildman–Crippen LogP) is 3.96. The van der Waals surface area contributed by atoms with E-state index in [2.05, 4.69) is 16.4 Å². The number of nitrogens with one attached hydrogen (secondary N) is 1. The fraction of sp³-hybridized carbons (Fsp3) is 0.125. The Kier molecular flexibility index (Phi) is 3.80. The molecule has 0 radical (unpaired) electrons. The molecule has 1 aromatic heterocycles. The van der Waals surface area contributed by atoms with Crippen LogP contribution in [-0.2, 0) is 6.42 Å². The van der Waals surface area contributed by atoms with Gasteiger partial charge < -0.3 is 5.32 Å². The minimum absolute atomic E-state index is 0.217. The maximum absolute atomic E-state index is 12.8. The molecule has 0 fully saturated rings. The maximum atomic E-state index is 12.8. The summed E-state index contributed by atoms with van der Waals surface area (Å²) in [6.45, 7) is 0.733. The van der Waals surface area contributed by atoms with Gasteiger partial charge in [0, 0.05) is 6.54 Å². The second-order valence-corrected chi connectivity index (χ2v) is 5.65. The third-order valence-corrected chi connectivity index (χ3v) is 4.10. The minimum Gasteiger partial charge on any atom is -0.361 e. The number of halogens is 1. The van der Waals surface area contributed by atoms with E-state index in [0.717, 1.165) is 33.9 Å². The highest BCUT2D eigenvalue weighted by molar-refractivity contribution is 7.22. The molecule has 1 heterocycles. The number of aromatic nitrogens is 1. The second-order valence-electron chi connectivity index (χ2n) is 4.62. The largest absolute Gasteiger partial charge is 0.361 e. The smallest absolute Gasteiger partial charge is 0.183 e. The molecule has 0 saturated carbocycles. The Morgan fingerprint density at radius 2 is 2.00 bits per heavy atom. The summed E-state index contributed by atoms with van der Waals surface area (Å²) in [6, 6.07) is 14.1. The van der Waals surface area contributed by atoms with Gasteiger partial charge in [-0.25, -0.2) is 9.37 Å². The zero-order valence-electron chi connectivity index (χ0n) is 11.1. The Labute approximate surface area is 125 Å². The molecule has 3 nitrogen and oxygen atoms in total. The molecule has 0 aliphatic carbocycles. The maximum Gasteiger partial charge on any atom is 0.183 e. The summed E-state index contributed by atoms with van der Waals surface area (Å²) < 4.78 is 13.8. The van der Waals surface area contributed by atoms with E-state index in [-0.39, 0.29) is 5.82 Å². The molecule has 0 bridgehead atoms. The molecule has 0 aliphatic heterocycles. The zero-order valence-corrected chi connectivity index (χ0v) is 12.0. The number of thiazole rings is 1. The van der Waals surface area contributed by atoms with E-state index in [1.165, 1.54) is 23.5 Å². The molecule has 0 saturated heterocycles. The highest BCUT2D eigenvalue weighted by Crippen LogP contribution is 2.26. The Balaban J connectivity index is 1.65. The van der Waals surface area contributed by atoms with Crippen LogP contribution in [0, 0.1) is 17.1 Å². The molecule has 0 atom stereocenters. The number of fused-ring (bicyclic) bond motifs is 1.